The molecule has 4 N–H and O–H groups in total. The minimum absolute atomic E-state index is 0.0786. The zero-order chi connectivity index (χ0) is 11.8. The van der Waals surface area contributed by atoms with Gasteiger partial charge >= 0.3 is 6.03 Å². The molecular formula is C10H17N3O3. The summed E-state index contributed by atoms with van der Waals surface area (Å²) in [6.07, 6.45) is 2.70. The molecule has 2 rings (SSSR count). The number of carbonyl (C=O) groups excluding carboxylic acids is 2. The van der Waals surface area contributed by atoms with E-state index in [9.17, 15) is 14.7 Å². The lowest BCUT2D eigenvalue weighted by Crippen LogP contribution is -2.53. The van der Waals surface area contributed by atoms with Crippen LogP contribution in [0.15, 0.2) is 0 Å². The Labute approximate surface area is 93.8 Å². The van der Waals surface area contributed by atoms with E-state index in [1.807, 2.05) is 0 Å². The van der Waals surface area contributed by atoms with E-state index in [0.29, 0.717) is 32.4 Å². The molecule has 90 valence electrons. The Bertz CT molecular complexity index is 314. The largest absolute Gasteiger partial charge is 0.380 e. The fraction of sp³-hybridized carbons (Fsp3) is 0.800. The Morgan fingerprint density at radius 2 is 2.12 bits per heavy atom. The summed E-state index contributed by atoms with van der Waals surface area (Å²) in [5, 5.41) is 12.5. The first kappa shape index (κ1) is 11.2. The number of nitrogens with zero attached hydrogens (tertiary/aromatic N) is 1. The fourth-order valence-corrected chi connectivity index (χ4v) is 2.28. The van der Waals surface area contributed by atoms with Gasteiger partial charge in [0.2, 0.25) is 0 Å². The van der Waals surface area contributed by atoms with Crippen LogP contribution in [0.3, 0.4) is 0 Å². The number of hydrogen-bond acceptors (Lipinski definition) is 3. The van der Waals surface area contributed by atoms with E-state index in [-0.39, 0.29) is 11.9 Å². The van der Waals surface area contributed by atoms with Gasteiger partial charge in [-0.05, 0) is 25.7 Å². The molecule has 0 bridgehead atoms. The van der Waals surface area contributed by atoms with Gasteiger partial charge in [-0.25, -0.2) is 4.79 Å². The Morgan fingerprint density at radius 3 is 2.62 bits per heavy atom. The van der Waals surface area contributed by atoms with E-state index in [4.69, 9.17) is 5.73 Å². The van der Waals surface area contributed by atoms with Crippen LogP contribution < -0.4 is 11.1 Å². The van der Waals surface area contributed by atoms with Crippen molar-refractivity contribution in [3.8, 4) is 0 Å². The first-order chi connectivity index (χ1) is 7.51. The number of likely N-dealkylation sites (tertiary alicyclic amines) is 1. The number of nitrogens with two attached hydrogens (primary N) is 1. The van der Waals surface area contributed by atoms with E-state index in [2.05, 4.69) is 5.32 Å². The maximum atomic E-state index is 11.9. The third-order valence-electron chi connectivity index (χ3n) is 3.40. The van der Waals surface area contributed by atoms with Crippen molar-refractivity contribution in [1.29, 1.82) is 0 Å². The Morgan fingerprint density at radius 1 is 1.44 bits per heavy atom. The van der Waals surface area contributed by atoms with Gasteiger partial charge in [-0.2, -0.15) is 0 Å². The summed E-state index contributed by atoms with van der Waals surface area (Å²) in [7, 11) is 0. The molecule has 0 spiro atoms. The van der Waals surface area contributed by atoms with Gasteiger partial charge in [-0.1, -0.05) is 0 Å². The van der Waals surface area contributed by atoms with Crippen molar-refractivity contribution in [2.75, 3.05) is 13.1 Å². The van der Waals surface area contributed by atoms with E-state index < -0.39 is 11.6 Å². The number of hydrogen-bond donors (Lipinski definition) is 3. The van der Waals surface area contributed by atoms with Gasteiger partial charge in [0.15, 0.2) is 0 Å². The van der Waals surface area contributed by atoms with Crippen molar-refractivity contribution in [3.63, 3.8) is 0 Å². The molecule has 0 aromatic heterocycles. The quantitative estimate of drug-likeness (QED) is 0.574. The lowest BCUT2D eigenvalue weighted by molar-refractivity contribution is -0.159. The minimum Gasteiger partial charge on any atom is -0.380 e. The van der Waals surface area contributed by atoms with Gasteiger partial charge in [0, 0.05) is 19.1 Å². The van der Waals surface area contributed by atoms with Crippen LogP contribution in [0, 0.1) is 0 Å². The molecule has 6 nitrogen and oxygen atoms in total. The summed E-state index contributed by atoms with van der Waals surface area (Å²) in [5.74, 6) is -0.201. The number of aliphatic hydroxyl groups is 1. The number of carbonyl (C=O) groups is 2. The van der Waals surface area contributed by atoms with Crippen molar-refractivity contribution < 1.29 is 14.7 Å². The van der Waals surface area contributed by atoms with Crippen molar-refractivity contribution >= 4 is 11.9 Å². The molecule has 0 radical (unpaired) electrons. The summed E-state index contributed by atoms with van der Waals surface area (Å²) in [6, 6.07) is -0.646. The third kappa shape index (κ3) is 1.97. The highest BCUT2D eigenvalue weighted by molar-refractivity contribution is 5.86. The highest BCUT2D eigenvalue weighted by atomic mass is 16.3. The molecule has 1 aliphatic heterocycles. The Balaban J connectivity index is 1.88. The van der Waals surface area contributed by atoms with Gasteiger partial charge in [0.05, 0.1) is 0 Å². The Hall–Kier alpha value is -1.30. The molecule has 2 fully saturated rings. The van der Waals surface area contributed by atoms with Gasteiger partial charge in [-0.3, -0.25) is 4.79 Å². The van der Waals surface area contributed by atoms with E-state index in [0.717, 1.165) is 6.42 Å². The average molecular weight is 227 g/mol. The van der Waals surface area contributed by atoms with Crippen LogP contribution in [-0.4, -0.2) is 46.7 Å². The molecule has 2 aliphatic rings. The molecule has 3 amide bonds. The number of nitrogens with one attached hydrogen (secondary N) is 1. The molecule has 0 aromatic rings. The van der Waals surface area contributed by atoms with Crippen molar-refractivity contribution in [2.45, 2.75) is 37.3 Å². The number of amides is 3. The highest BCUT2D eigenvalue weighted by Gasteiger charge is 2.45. The normalized spacial score (nSPS) is 27.3. The molecule has 16 heavy (non-hydrogen) atoms. The van der Waals surface area contributed by atoms with Gasteiger partial charge in [-0.15, -0.1) is 0 Å². The van der Waals surface area contributed by atoms with Crippen LogP contribution in [0.5, 0.6) is 0 Å². The van der Waals surface area contributed by atoms with Crippen LogP contribution in [0.2, 0.25) is 0 Å². The van der Waals surface area contributed by atoms with E-state index >= 15 is 0 Å². The fourth-order valence-electron chi connectivity index (χ4n) is 2.28. The molecule has 1 saturated heterocycles. The molecule has 1 atom stereocenters. The number of primary amides is 1. The summed E-state index contributed by atoms with van der Waals surface area (Å²) in [6.45, 7) is 1.02. The van der Waals surface area contributed by atoms with E-state index in [1.54, 1.807) is 4.90 Å². The summed E-state index contributed by atoms with van der Waals surface area (Å²) >= 11 is 0. The first-order valence-electron chi connectivity index (χ1n) is 5.59. The predicted molar refractivity (Wildman–Crippen MR) is 56.5 cm³/mol. The van der Waals surface area contributed by atoms with Crippen LogP contribution in [0.4, 0.5) is 4.79 Å². The standard InChI is InChI=1S/C10H17N3O3/c11-9(15)12-7-2-5-13(6-7)8(14)10(16)3-1-4-10/h7,16H,1-6H2,(H3,11,12,15). The average Bonchev–Trinajstić information content (AvgIpc) is 2.60. The summed E-state index contributed by atoms with van der Waals surface area (Å²) < 4.78 is 0. The monoisotopic (exact) mass is 227 g/mol. The van der Waals surface area contributed by atoms with Crippen LogP contribution in [0.1, 0.15) is 25.7 Å². The van der Waals surface area contributed by atoms with Crippen LogP contribution >= 0.6 is 0 Å². The third-order valence-corrected chi connectivity index (χ3v) is 3.40. The topological polar surface area (TPSA) is 95.7 Å². The van der Waals surface area contributed by atoms with Crippen LogP contribution in [0.25, 0.3) is 0 Å². The second-order valence-corrected chi connectivity index (χ2v) is 4.63. The first-order valence-corrected chi connectivity index (χ1v) is 5.59. The second-order valence-electron chi connectivity index (χ2n) is 4.63. The molecule has 6 heteroatoms. The molecule has 1 saturated carbocycles. The molecule has 0 aromatic carbocycles. The SMILES string of the molecule is NC(=O)NC1CCN(C(=O)C2(O)CCC2)C1. The van der Waals surface area contributed by atoms with Crippen molar-refractivity contribution in [1.82, 2.24) is 10.2 Å². The smallest absolute Gasteiger partial charge is 0.312 e. The zero-order valence-electron chi connectivity index (χ0n) is 9.11. The second kappa shape index (κ2) is 3.93. The number of rotatable bonds is 2. The van der Waals surface area contributed by atoms with Crippen molar-refractivity contribution in [2.24, 2.45) is 5.73 Å². The summed E-state index contributed by atoms with van der Waals surface area (Å²) in [4.78, 5) is 24.2. The van der Waals surface area contributed by atoms with Gasteiger partial charge < -0.3 is 21.1 Å². The molecule has 1 aliphatic carbocycles. The van der Waals surface area contributed by atoms with Crippen molar-refractivity contribution in [3.05, 3.63) is 0 Å². The number of urea groups is 1. The summed E-state index contributed by atoms with van der Waals surface area (Å²) in [5.41, 5.74) is 3.88. The van der Waals surface area contributed by atoms with E-state index in [1.165, 1.54) is 0 Å². The highest BCUT2D eigenvalue weighted by Crippen LogP contribution is 2.34. The maximum Gasteiger partial charge on any atom is 0.312 e. The zero-order valence-corrected chi connectivity index (χ0v) is 9.11. The Kier molecular flexibility index (Phi) is 2.75. The van der Waals surface area contributed by atoms with Gasteiger partial charge in [0.1, 0.15) is 5.60 Å². The lowest BCUT2D eigenvalue weighted by Gasteiger charge is -2.37. The molecule has 1 unspecified atom stereocenters. The lowest BCUT2D eigenvalue weighted by atomic mass is 9.79. The maximum absolute atomic E-state index is 11.9. The minimum atomic E-state index is -1.14. The van der Waals surface area contributed by atoms with Crippen LogP contribution in [-0.2, 0) is 4.79 Å². The predicted octanol–water partition coefficient (Wildman–Crippen LogP) is -0.829. The molecule has 1 heterocycles. The molecular weight excluding hydrogens is 210 g/mol. The van der Waals surface area contributed by atoms with Gasteiger partial charge in [0.25, 0.3) is 5.91 Å².